The highest BCUT2D eigenvalue weighted by Crippen LogP contribution is 2.34. The second kappa shape index (κ2) is 7.68. The predicted molar refractivity (Wildman–Crippen MR) is 96.5 cm³/mol. The smallest absolute Gasteiger partial charge is 0.253 e. The van der Waals surface area contributed by atoms with E-state index in [2.05, 4.69) is 6.08 Å². The number of likely N-dealkylation sites (tertiary alicyclic amines) is 1. The lowest BCUT2D eigenvalue weighted by atomic mass is 9.77. The summed E-state index contributed by atoms with van der Waals surface area (Å²) in [6, 6.07) is 5.64. The van der Waals surface area contributed by atoms with Crippen LogP contribution in [-0.4, -0.2) is 44.0 Å². The summed E-state index contributed by atoms with van der Waals surface area (Å²) in [7, 11) is -3.77. The van der Waals surface area contributed by atoms with Gasteiger partial charge < -0.3 is 10.0 Å². The highest BCUT2D eigenvalue weighted by molar-refractivity contribution is 7.89. The molecule has 6 nitrogen and oxygen atoms in total. The third-order valence-corrected chi connectivity index (χ3v) is 5.59. The number of primary sulfonamides is 1. The number of amides is 1. The minimum Gasteiger partial charge on any atom is -0.396 e. The van der Waals surface area contributed by atoms with E-state index >= 15 is 0 Å². The molecule has 2 rings (SSSR count). The molecule has 138 valence electrons. The van der Waals surface area contributed by atoms with Crippen LogP contribution in [0.2, 0.25) is 0 Å². The van der Waals surface area contributed by atoms with E-state index in [-0.39, 0.29) is 22.8 Å². The number of hydrogen-bond acceptors (Lipinski definition) is 4. The van der Waals surface area contributed by atoms with Crippen molar-refractivity contribution in [2.75, 3.05) is 19.7 Å². The number of nitrogens with two attached hydrogens (primary N) is 1. The van der Waals surface area contributed by atoms with Gasteiger partial charge in [0.1, 0.15) is 0 Å². The maximum atomic E-state index is 12.8. The first kappa shape index (κ1) is 19.6. The third kappa shape index (κ3) is 4.90. The molecule has 0 saturated carbocycles. The van der Waals surface area contributed by atoms with Gasteiger partial charge in [0.25, 0.3) is 5.91 Å². The molecule has 1 aliphatic heterocycles. The lowest BCUT2D eigenvalue weighted by Gasteiger charge is -2.41. The largest absolute Gasteiger partial charge is 0.396 e. The van der Waals surface area contributed by atoms with Crippen molar-refractivity contribution in [2.45, 2.75) is 38.0 Å². The molecule has 0 radical (unpaired) electrons. The van der Waals surface area contributed by atoms with Gasteiger partial charge in [0, 0.05) is 24.1 Å². The molecule has 1 aliphatic rings. The van der Waals surface area contributed by atoms with E-state index in [1.165, 1.54) is 29.8 Å². The van der Waals surface area contributed by atoms with E-state index in [1.807, 2.05) is 13.8 Å². The quantitative estimate of drug-likeness (QED) is 0.777. The highest BCUT2D eigenvalue weighted by atomic mass is 32.2. The van der Waals surface area contributed by atoms with Crippen molar-refractivity contribution in [2.24, 2.45) is 10.6 Å². The van der Waals surface area contributed by atoms with Crippen LogP contribution in [0, 0.1) is 5.41 Å². The standard InChI is InChI=1S/C18H26N2O4S/c1-14(2)8-10-18(13-21)9-3-11-20(12-18)17(22)15-4-6-16(7-5-15)25(19,23)24/h4-8,21H,3,9-13H2,1-2H3,(H2,19,23,24)/t18-/m0/s1. The van der Waals surface area contributed by atoms with E-state index in [0.29, 0.717) is 18.7 Å². The van der Waals surface area contributed by atoms with Gasteiger partial charge in [0.15, 0.2) is 0 Å². The molecule has 1 saturated heterocycles. The second-order valence-corrected chi connectivity index (χ2v) is 8.60. The van der Waals surface area contributed by atoms with Gasteiger partial charge in [-0.1, -0.05) is 11.6 Å². The number of sulfonamides is 1. The van der Waals surface area contributed by atoms with E-state index in [9.17, 15) is 18.3 Å². The third-order valence-electron chi connectivity index (χ3n) is 4.66. The lowest BCUT2D eigenvalue weighted by Crippen LogP contribution is -2.47. The summed E-state index contributed by atoms with van der Waals surface area (Å²) in [5.41, 5.74) is 1.30. The molecule has 1 aromatic carbocycles. The number of rotatable bonds is 5. The summed E-state index contributed by atoms with van der Waals surface area (Å²) in [5, 5.41) is 15.0. The molecule has 1 heterocycles. The van der Waals surface area contributed by atoms with Crippen molar-refractivity contribution >= 4 is 15.9 Å². The molecule has 3 N–H and O–H groups in total. The summed E-state index contributed by atoms with van der Waals surface area (Å²) in [6.07, 6.45) is 4.55. The maximum Gasteiger partial charge on any atom is 0.253 e. The molecule has 1 atom stereocenters. The average molecular weight is 366 g/mol. The Morgan fingerprint density at radius 1 is 1.32 bits per heavy atom. The zero-order valence-electron chi connectivity index (χ0n) is 14.7. The Labute approximate surface area is 149 Å². The first-order valence-corrected chi connectivity index (χ1v) is 9.88. The van der Waals surface area contributed by atoms with Gasteiger partial charge >= 0.3 is 0 Å². The SMILES string of the molecule is CC(C)=CC[C@@]1(CO)CCCN(C(=O)c2ccc(S(N)(=O)=O)cc2)C1. The summed E-state index contributed by atoms with van der Waals surface area (Å²) in [6.45, 7) is 5.19. The Morgan fingerprint density at radius 3 is 2.48 bits per heavy atom. The van der Waals surface area contributed by atoms with Crippen molar-refractivity contribution in [3.8, 4) is 0 Å². The zero-order chi connectivity index (χ0) is 18.7. The Hall–Kier alpha value is -1.70. The normalized spacial score (nSPS) is 21.0. The fraction of sp³-hybridized carbons (Fsp3) is 0.500. The van der Waals surface area contributed by atoms with Gasteiger partial charge in [-0.3, -0.25) is 4.79 Å². The van der Waals surface area contributed by atoms with Crippen LogP contribution >= 0.6 is 0 Å². The Kier molecular flexibility index (Phi) is 6.03. The summed E-state index contributed by atoms with van der Waals surface area (Å²) >= 11 is 0. The van der Waals surface area contributed by atoms with E-state index in [1.54, 1.807) is 4.90 Å². The maximum absolute atomic E-state index is 12.8. The van der Waals surface area contributed by atoms with Crippen LogP contribution in [0.5, 0.6) is 0 Å². The number of carbonyl (C=O) groups excluding carboxylic acids is 1. The minimum absolute atomic E-state index is 0.0176. The lowest BCUT2D eigenvalue weighted by molar-refractivity contribution is 0.0284. The van der Waals surface area contributed by atoms with Crippen molar-refractivity contribution in [1.29, 1.82) is 0 Å². The van der Waals surface area contributed by atoms with E-state index in [4.69, 9.17) is 5.14 Å². The van der Waals surface area contributed by atoms with Crippen LogP contribution in [-0.2, 0) is 10.0 Å². The van der Waals surface area contributed by atoms with Crippen molar-refractivity contribution in [3.63, 3.8) is 0 Å². The number of aliphatic hydroxyl groups is 1. The molecular weight excluding hydrogens is 340 g/mol. The molecule has 0 bridgehead atoms. The second-order valence-electron chi connectivity index (χ2n) is 7.04. The molecule has 1 amide bonds. The molecule has 1 aromatic rings. The van der Waals surface area contributed by atoms with Crippen LogP contribution in [0.3, 0.4) is 0 Å². The summed E-state index contributed by atoms with van der Waals surface area (Å²) in [4.78, 5) is 14.5. The van der Waals surface area contributed by atoms with Crippen molar-refractivity contribution in [3.05, 3.63) is 41.5 Å². The number of carbonyl (C=O) groups is 1. The van der Waals surface area contributed by atoms with Gasteiger partial charge in [-0.15, -0.1) is 0 Å². The molecule has 0 aliphatic carbocycles. The van der Waals surface area contributed by atoms with Crippen LogP contribution in [0.1, 0.15) is 43.5 Å². The van der Waals surface area contributed by atoms with Gasteiger partial charge in [-0.2, -0.15) is 0 Å². The van der Waals surface area contributed by atoms with Gasteiger partial charge in [-0.05, 0) is 57.4 Å². The molecule has 1 fully saturated rings. The molecule has 0 spiro atoms. The van der Waals surface area contributed by atoms with E-state index in [0.717, 1.165) is 19.3 Å². The monoisotopic (exact) mass is 366 g/mol. The molecule has 0 unspecified atom stereocenters. The number of piperidine rings is 1. The first-order valence-electron chi connectivity index (χ1n) is 8.33. The van der Waals surface area contributed by atoms with Gasteiger partial charge in [-0.25, -0.2) is 13.6 Å². The van der Waals surface area contributed by atoms with Crippen molar-refractivity contribution < 1.29 is 18.3 Å². The predicted octanol–water partition coefficient (Wildman–Crippen LogP) is 1.91. The topological polar surface area (TPSA) is 101 Å². The van der Waals surface area contributed by atoms with E-state index < -0.39 is 10.0 Å². The molecule has 0 aromatic heterocycles. The van der Waals surface area contributed by atoms with Crippen LogP contribution in [0.25, 0.3) is 0 Å². The zero-order valence-corrected chi connectivity index (χ0v) is 15.6. The minimum atomic E-state index is -3.77. The van der Waals surface area contributed by atoms with Gasteiger partial charge in [0.05, 0.1) is 11.5 Å². The fourth-order valence-corrected chi connectivity index (χ4v) is 3.65. The van der Waals surface area contributed by atoms with Crippen LogP contribution < -0.4 is 5.14 Å². The molecule has 25 heavy (non-hydrogen) atoms. The van der Waals surface area contributed by atoms with Crippen LogP contribution in [0.15, 0.2) is 40.8 Å². The number of allylic oxidation sites excluding steroid dienone is 2. The molecule has 7 heteroatoms. The number of aliphatic hydroxyl groups excluding tert-OH is 1. The summed E-state index contributed by atoms with van der Waals surface area (Å²) in [5.74, 6) is -0.157. The van der Waals surface area contributed by atoms with Gasteiger partial charge in [0.2, 0.25) is 10.0 Å². The number of benzene rings is 1. The Morgan fingerprint density at radius 2 is 1.96 bits per heavy atom. The van der Waals surface area contributed by atoms with Crippen LogP contribution in [0.4, 0.5) is 0 Å². The number of hydrogen-bond donors (Lipinski definition) is 2. The number of nitrogens with zero attached hydrogens (tertiary/aromatic N) is 1. The average Bonchev–Trinajstić information content (AvgIpc) is 2.59. The first-order chi connectivity index (χ1) is 11.7. The summed E-state index contributed by atoms with van der Waals surface area (Å²) < 4.78 is 22.6. The molecular formula is C18H26N2O4S. The Bertz CT molecular complexity index is 752. The Balaban J connectivity index is 2.17. The fourth-order valence-electron chi connectivity index (χ4n) is 3.13. The highest BCUT2D eigenvalue weighted by Gasteiger charge is 2.36. The van der Waals surface area contributed by atoms with Crippen molar-refractivity contribution in [1.82, 2.24) is 4.90 Å².